The van der Waals surface area contributed by atoms with E-state index in [1.165, 1.54) is 0 Å². The van der Waals surface area contributed by atoms with Gasteiger partial charge in [0.1, 0.15) is 0 Å². The summed E-state index contributed by atoms with van der Waals surface area (Å²) in [7, 11) is 7.39. The standard InChI is InChI=1S/C2H7N.C2H5N.2CH4O.2CH4/c2*1-3-2;2*1-2;;/h3H,1-2H3;1H2,2H3;2*2H,1H3;2*1H4. The summed E-state index contributed by atoms with van der Waals surface area (Å²) in [6.07, 6.45) is 0. The van der Waals surface area contributed by atoms with Gasteiger partial charge in [0.25, 0.3) is 0 Å². The molecule has 0 aromatic rings. The SMILES string of the molecule is C.C.C=NC.CNC.CO.CO. The fraction of sp³-hybridized carbons (Fsp3) is 0.875. The summed E-state index contributed by atoms with van der Waals surface area (Å²) in [5.74, 6) is 0. The second-order valence-corrected chi connectivity index (χ2v) is 0.816. The van der Waals surface area contributed by atoms with Gasteiger partial charge in [0.05, 0.1) is 0 Å². The minimum absolute atomic E-state index is 0. The first-order valence-corrected chi connectivity index (χ1v) is 2.66. The molecule has 0 atom stereocenters. The highest BCUT2D eigenvalue weighted by Crippen LogP contribution is 1.22. The molecule has 0 bridgehead atoms. The lowest BCUT2D eigenvalue weighted by Crippen LogP contribution is -1.89. The normalized spacial score (nSPS) is 3.58. The molecule has 0 aliphatic heterocycles. The van der Waals surface area contributed by atoms with Crippen LogP contribution in [0.15, 0.2) is 4.99 Å². The molecule has 0 aromatic carbocycles. The van der Waals surface area contributed by atoms with E-state index >= 15 is 0 Å². The molecule has 0 amide bonds. The molecular formula is C8H28N2O2. The fourth-order valence-corrected chi connectivity index (χ4v) is 0. The number of nitrogens with one attached hydrogen (secondary N) is 1. The average Bonchev–Trinajstić information content (AvgIpc) is 1.99. The first-order chi connectivity index (χ1) is 4.83. The fourth-order valence-electron chi connectivity index (χ4n) is 0. The Kier molecular flexibility index (Phi) is 1390. The Labute approximate surface area is 78.4 Å². The van der Waals surface area contributed by atoms with Gasteiger partial charge in [-0.15, -0.1) is 0 Å². The predicted octanol–water partition coefficient (Wildman–Crippen LogP) is 0.642. The van der Waals surface area contributed by atoms with Crippen molar-refractivity contribution in [3.8, 4) is 0 Å². The molecule has 0 rings (SSSR count). The molecule has 4 nitrogen and oxygen atoms in total. The van der Waals surface area contributed by atoms with Gasteiger partial charge in [-0.25, -0.2) is 0 Å². The molecule has 0 fully saturated rings. The van der Waals surface area contributed by atoms with E-state index in [2.05, 4.69) is 17.0 Å². The van der Waals surface area contributed by atoms with Crippen molar-refractivity contribution >= 4 is 6.72 Å². The number of aliphatic imine (C=N–C) groups is 1. The Hall–Kier alpha value is -0.450. The van der Waals surface area contributed by atoms with Crippen LogP contribution in [0.5, 0.6) is 0 Å². The molecule has 0 aromatic heterocycles. The van der Waals surface area contributed by atoms with Crippen LogP contribution in [-0.4, -0.2) is 52.3 Å². The zero-order chi connectivity index (χ0) is 9.41. The Bertz CT molecular complexity index is 29.0. The average molecular weight is 184 g/mol. The van der Waals surface area contributed by atoms with Crippen molar-refractivity contribution in [3.05, 3.63) is 0 Å². The van der Waals surface area contributed by atoms with Crippen molar-refractivity contribution in [1.29, 1.82) is 0 Å². The maximum atomic E-state index is 7.00. The van der Waals surface area contributed by atoms with Gasteiger partial charge in [0.15, 0.2) is 0 Å². The summed E-state index contributed by atoms with van der Waals surface area (Å²) in [5.41, 5.74) is 0. The molecule has 0 unspecified atom stereocenters. The third kappa shape index (κ3) is 3450. The quantitative estimate of drug-likeness (QED) is 0.484. The Morgan fingerprint density at radius 1 is 1.00 bits per heavy atom. The zero-order valence-electron chi connectivity index (χ0n) is 7.55. The number of aliphatic hydroxyl groups is 2. The van der Waals surface area contributed by atoms with Gasteiger partial charge in [-0.2, -0.15) is 0 Å². The van der Waals surface area contributed by atoms with E-state index < -0.39 is 0 Å². The van der Waals surface area contributed by atoms with Crippen LogP contribution in [0.2, 0.25) is 0 Å². The monoisotopic (exact) mass is 184 g/mol. The molecular weight excluding hydrogens is 156 g/mol. The molecule has 4 heteroatoms. The van der Waals surface area contributed by atoms with Gasteiger partial charge in [0, 0.05) is 21.3 Å². The van der Waals surface area contributed by atoms with Crippen molar-refractivity contribution in [1.82, 2.24) is 5.32 Å². The third-order valence-electron chi connectivity index (χ3n) is 0. The van der Waals surface area contributed by atoms with Crippen LogP contribution in [0.4, 0.5) is 0 Å². The summed E-state index contributed by atoms with van der Waals surface area (Å²) < 4.78 is 0. The predicted molar refractivity (Wildman–Crippen MR) is 60.2 cm³/mol. The van der Waals surface area contributed by atoms with Crippen LogP contribution in [0.25, 0.3) is 0 Å². The first kappa shape index (κ1) is 41.7. The number of hydrogen-bond acceptors (Lipinski definition) is 4. The highest BCUT2D eigenvalue weighted by molar-refractivity contribution is 5.22. The summed E-state index contributed by atoms with van der Waals surface area (Å²) in [5, 5.41) is 16.8. The summed E-state index contributed by atoms with van der Waals surface area (Å²) >= 11 is 0. The topological polar surface area (TPSA) is 64.9 Å². The van der Waals surface area contributed by atoms with E-state index in [0.717, 1.165) is 14.2 Å². The Morgan fingerprint density at radius 3 is 1.00 bits per heavy atom. The molecule has 82 valence electrons. The lowest BCUT2D eigenvalue weighted by molar-refractivity contribution is 0.399. The lowest BCUT2D eigenvalue weighted by Gasteiger charge is -1.59. The molecule has 12 heavy (non-hydrogen) atoms. The van der Waals surface area contributed by atoms with E-state index in [1.54, 1.807) is 7.05 Å². The highest BCUT2D eigenvalue weighted by atomic mass is 16.2. The summed E-state index contributed by atoms with van der Waals surface area (Å²) in [4.78, 5) is 3.25. The van der Waals surface area contributed by atoms with E-state index in [9.17, 15) is 0 Å². The Morgan fingerprint density at radius 2 is 1.00 bits per heavy atom. The smallest absolute Gasteiger partial charge is 0.0319 e. The minimum atomic E-state index is 0. The van der Waals surface area contributed by atoms with Crippen LogP contribution in [0.1, 0.15) is 14.9 Å². The molecule has 0 radical (unpaired) electrons. The zero-order valence-corrected chi connectivity index (χ0v) is 7.55. The third-order valence-corrected chi connectivity index (χ3v) is 0. The van der Waals surface area contributed by atoms with Crippen molar-refractivity contribution in [2.45, 2.75) is 14.9 Å². The van der Waals surface area contributed by atoms with Crippen molar-refractivity contribution < 1.29 is 10.2 Å². The largest absolute Gasteiger partial charge is 0.400 e. The maximum absolute atomic E-state index is 7.00. The molecule has 0 spiro atoms. The molecule has 0 saturated heterocycles. The molecule has 0 saturated carbocycles. The summed E-state index contributed by atoms with van der Waals surface area (Å²) in [6, 6.07) is 0. The Balaban J connectivity index is -0.00000000967. The van der Waals surface area contributed by atoms with E-state index in [-0.39, 0.29) is 14.9 Å². The number of rotatable bonds is 0. The van der Waals surface area contributed by atoms with Gasteiger partial charge >= 0.3 is 0 Å². The number of nitrogens with zero attached hydrogens (tertiary/aromatic N) is 1. The molecule has 0 aliphatic carbocycles. The second-order valence-electron chi connectivity index (χ2n) is 0.816. The van der Waals surface area contributed by atoms with Crippen LogP contribution in [-0.2, 0) is 0 Å². The van der Waals surface area contributed by atoms with E-state index in [4.69, 9.17) is 10.2 Å². The minimum Gasteiger partial charge on any atom is -0.400 e. The highest BCUT2D eigenvalue weighted by Gasteiger charge is 1.25. The van der Waals surface area contributed by atoms with Crippen molar-refractivity contribution in [2.75, 3.05) is 35.4 Å². The van der Waals surface area contributed by atoms with E-state index in [0.29, 0.717) is 0 Å². The van der Waals surface area contributed by atoms with Crippen molar-refractivity contribution in [2.24, 2.45) is 4.99 Å². The molecule has 3 N–H and O–H groups in total. The van der Waals surface area contributed by atoms with Gasteiger partial charge < -0.3 is 20.5 Å². The van der Waals surface area contributed by atoms with Gasteiger partial charge in [-0.05, 0) is 20.8 Å². The first-order valence-electron chi connectivity index (χ1n) is 2.66. The number of hydrogen-bond donors (Lipinski definition) is 3. The van der Waals surface area contributed by atoms with Crippen molar-refractivity contribution in [3.63, 3.8) is 0 Å². The lowest BCUT2D eigenvalue weighted by atomic mass is 11.3. The van der Waals surface area contributed by atoms with E-state index in [1.807, 2.05) is 14.1 Å². The van der Waals surface area contributed by atoms with Crippen LogP contribution >= 0.6 is 0 Å². The van der Waals surface area contributed by atoms with Gasteiger partial charge in [0.2, 0.25) is 0 Å². The van der Waals surface area contributed by atoms with Gasteiger partial charge in [-0.3, -0.25) is 0 Å². The molecule has 0 aliphatic rings. The van der Waals surface area contributed by atoms with Crippen LogP contribution in [0, 0.1) is 0 Å². The van der Waals surface area contributed by atoms with Gasteiger partial charge in [-0.1, -0.05) is 14.9 Å². The van der Waals surface area contributed by atoms with Crippen LogP contribution < -0.4 is 5.32 Å². The van der Waals surface area contributed by atoms with Crippen LogP contribution in [0.3, 0.4) is 0 Å². The molecule has 0 heterocycles. The maximum Gasteiger partial charge on any atom is 0.0319 e. The second kappa shape index (κ2) is 400. The number of aliphatic hydroxyl groups excluding tert-OH is 2. The summed E-state index contributed by atoms with van der Waals surface area (Å²) in [6.45, 7) is 3.11.